The Hall–Kier alpha value is -1.61. The first-order valence-electron chi connectivity index (χ1n) is 7.56. The average molecular weight is 271 g/mol. The molecule has 0 aliphatic carbocycles. The lowest BCUT2D eigenvalue weighted by molar-refractivity contribution is 0.466. The summed E-state index contributed by atoms with van der Waals surface area (Å²) in [6.07, 6.45) is 2.19. The zero-order valence-corrected chi connectivity index (χ0v) is 12.8. The molecule has 0 amide bonds. The topological polar surface area (TPSA) is 29.9 Å². The number of hydrogen-bond acceptors (Lipinski definition) is 2. The van der Waals surface area contributed by atoms with E-state index in [1.807, 2.05) is 0 Å². The van der Waals surface area contributed by atoms with Gasteiger partial charge in [0.05, 0.1) is 11.4 Å². The molecule has 0 saturated heterocycles. The van der Waals surface area contributed by atoms with Crippen LogP contribution in [0.1, 0.15) is 43.3 Å². The van der Waals surface area contributed by atoms with Crippen LogP contribution in [-0.4, -0.2) is 16.3 Å². The predicted molar refractivity (Wildman–Crippen MR) is 83.8 cm³/mol. The van der Waals surface area contributed by atoms with E-state index in [2.05, 4.69) is 72.3 Å². The summed E-state index contributed by atoms with van der Waals surface area (Å²) in [5.74, 6) is 0. The van der Waals surface area contributed by atoms with Crippen LogP contribution in [0.3, 0.4) is 0 Å². The van der Waals surface area contributed by atoms with Gasteiger partial charge in [0.2, 0.25) is 0 Å². The standard InChI is InChI=1S/C17H25N3/c1-4-18-16(12-11-15-9-7-6-8-10-15)17-13-14(3)19-20(17)5-2/h6-10,13,16,18H,4-5,11-12H2,1-3H3. The fraction of sp³-hybridized carbons (Fsp3) is 0.471. The van der Waals surface area contributed by atoms with E-state index < -0.39 is 0 Å². The number of nitrogens with one attached hydrogen (secondary N) is 1. The highest BCUT2D eigenvalue weighted by molar-refractivity contribution is 5.17. The van der Waals surface area contributed by atoms with Crippen molar-refractivity contribution in [2.45, 2.75) is 46.2 Å². The monoisotopic (exact) mass is 271 g/mol. The van der Waals surface area contributed by atoms with E-state index in [1.54, 1.807) is 0 Å². The molecule has 0 radical (unpaired) electrons. The number of nitrogens with zero attached hydrogens (tertiary/aromatic N) is 2. The highest BCUT2D eigenvalue weighted by Crippen LogP contribution is 2.20. The molecule has 0 saturated carbocycles. The van der Waals surface area contributed by atoms with Gasteiger partial charge in [0, 0.05) is 12.6 Å². The van der Waals surface area contributed by atoms with Crippen molar-refractivity contribution in [1.82, 2.24) is 15.1 Å². The second kappa shape index (κ2) is 7.25. The fourth-order valence-corrected chi connectivity index (χ4v) is 2.66. The second-order valence-electron chi connectivity index (χ2n) is 5.16. The molecule has 0 aliphatic rings. The van der Waals surface area contributed by atoms with Crippen LogP contribution in [0.4, 0.5) is 0 Å². The summed E-state index contributed by atoms with van der Waals surface area (Å²) >= 11 is 0. The summed E-state index contributed by atoms with van der Waals surface area (Å²) in [4.78, 5) is 0. The van der Waals surface area contributed by atoms with Gasteiger partial charge in [-0.2, -0.15) is 5.10 Å². The van der Waals surface area contributed by atoms with Crippen LogP contribution in [0.15, 0.2) is 36.4 Å². The summed E-state index contributed by atoms with van der Waals surface area (Å²) in [6, 6.07) is 13.3. The second-order valence-corrected chi connectivity index (χ2v) is 5.16. The molecule has 3 heteroatoms. The van der Waals surface area contributed by atoms with E-state index >= 15 is 0 Å². The molecule has 1 atom stereocenters. The maximum absolute atomic E-state index is 4.56. The van der Waals surface area contributed by atoms with E-state index in [0.29, 0.717) is 6.04 Å². The molecule has 2 aromatic rings. The molecule has 1 unspecified atom stereocenters. The quantitative estimate of drug-likeness (QED) is 0.835. The molecular formula is C17H25N3. The number of aromatic nitrogens is 2. The van der Waals surface area contributed by atoms with Crippen molar-refractivity contribution < 1.29 is 0 Å². The van der Waals surface area contributed by atoms with Gasteiger partial charge in [0.15, 0.2) is 0 Å². The van der Waals surface area contributed by atoms with Crippen molar-refractivity contribution in [2.24, 2.45) is 0 Å². The van der Waals surface area contributed by atoms with Gasteiger partial charge >= 0.3 is 0 Å². The Morgan fingerprint density at radius 1 is 1.20 bits per heavy atom. The first-order valence-corrected chi connectivity index (χ1v) is 7.56. The number of rotatable bonds is 7. The van der Waals surface area contributed by atoms with Gasteiger partial charge in [-0.15, -0.1) is 0 Å². The minimum absolute atomic E-state index is 0.376. The molecule has 0 spiro atoms. The molecule has 1 aromatic heterocycles. The zero-order valence-electron chi connectivity index (χ0n) is 12.8. The summed E-state index contributed by atoms with van der Waals surface area (Å²) in [7, 11) is 0. The van der Waals surface area contributed by atoms with Crippen LogP contribution >= 0.6 is 0 Å². The van der Waals surface area contributed by atoms with E-state index in [-0.39, 0.29) is 0 Å². The summed E-state index contributed by atoms with van der Waals surface area (Å²) in [6.45, 7) is 8.28. The molecule has 1 heterocycles. The van der Waals surface area contributed by atoms with Gasteiger partial charge in [-0.05, 0) is 44.9 Å². The number of aryl methyl sites for hydroxylation is 3. The minimum Gasteiger partial charge on any atom is -0.309 e. The first-order chi connectivity index (χ1) is 9.74. The lowest BCUT2D eigenvalue weighted by Crippen LogP contribution is -2.24. The van der Waals surface area contributed by atoms with Crippen LogP contribution < -0.4 is 5.32 Å². The van der Waals surface area contributed by atoms with Gasteiger partial charge in [-0.1, -0.05) is 37.3 Å². The maximum atomic E-state index is 4.56. The molecule has 2 rings (SSSR count). The Kier molecular flexibility index (Phi) is 5.36. The SMILES string of the molecule is CCNC(CCc1ccccc1)c1cc(C)nn1CC. The van der Waals surface area contributed by atoms with Gasteiger partial charge < -0.3 is 5.32 Å². The molecule has 108 valence electrons. The highest BCUT2D eigenvalue weighted by Gasteiger charge is 2.15. The predicted octanol–water partition coefficient (Wildman–Crippen LogP) is 3.49. The summed E-state index contributed by atoms with van der Waals surface area (Å²) < 4.78 is 2.12. The van der Waals surface area contributed by atoms with Crippen molar-refractivity contribution in [3.05, 3.63) is 53.3 Å². The van der Waals surface area contributed by atoms with Crippen LogP contribution in [0.25, 0.3) is 0 Å². The Balaban J connectivity index is 2.10. The lowest BCUT2D eigenvalue weighted by Gasteiger charge is -2.19. The highest BCUT2D eigenvalue weighted by atomic mass is 15.3. The molecular weight excluding hydrogens is 246 g/mol. The van der Waals surface area contributed by atoms with Crippen molar-refractivity contribution in [3.8, 4) is 0 Å². The number of hydrogen-bond donors (Lipinski definition) is 1. The Morgan fingerprint density at radius 3 is 2.60 bits per heavy atom. The van der Waals surface area contributed by atoms with Gasteiger partial charge in [0.25, 0.3) is 0 Å². The molecule has 1 aromatic carbocycles. The van der Waals surface area contributed by atoms with Crippen LogP contribution in [0.2, 0.25) is 0 Å². The minimum atomic E-state index is 0.376. The third kappa shape index (κ3) is 3.70. The van der Waals surface area contributed by atoms with Crippen molar-refractivity contribution in [3.63, 3.8) is 0 Å². The van der Waals surface area contributed by atoms with E-state index in [1.165, 1.54) is 11.3 Å². The van der Waals surface area contributed by atoms with E-state index in [9.17, 15) is 0 Å². The average Bonchev–Trinajstić information content (AvgIpc) is 2.85. The third-order valence-corrected chi connectivity index (χ3v) is 3.60. The van der Waals surface area contributed by atoms with Crippen LogP contribution in [0.5, 0.6) is 0 Å². The maximum Gasteiger partial charge on any atom is 0.0597 e. The van der Waals surface area contributed by atoms with Crippen LogP contribution in [0, 0.1) is 6.92 Å². The Morgan fingerprint density at radius 2 is 1.95 bits per heavy atom. The molecule has 0 bridgehead atoms. The number of benzene rings is 1. The molecule has 3 nitrogen and oxygen atoms in total. The zero-order chi connectivity index (χ0) is 14.4. The van der Waals surface area contributed by atoms with Gasteiger partial charge in [-0.25, -0.2) is 0 Å². The van der Waals surface area contributed by atoms with Gasteiger partial charge in [0.1, 0.15) is 0 Å². The Bertz CT molecular complexity index is 516. The first kappa shape index (κ1) is 14.8. The fourth-order valence-electron chi connectivity index (χ4n) is 2.66. The lowest BCUT2D eigenvalue weighted by atomic mass is 10.0. The van der Waals surface area contributed by atoms with E-state index in [4.69, 9.17) is 0 Å². The van der Waals surface area contributed by atoms with Crippen molar-refractivity contribution in [2.75, 3.05) is 6.54 Å². The van der Waals surface area contributed by atoms with E-state index in [0.717, 1.165) is 31.6 Å². The van der Waals surface area contributed by atoms with Crippen LogP contribution in [-0.2, 0) is 13.0 Å². The molecule has 0 aliphatic heterocycles. The van der Waals surface area contributed by atoms with Gasteiger partial charge in [-0.3, -0.25) is 4.68 Å². The smallest absolute Gasteiger partial charge is 0.0597 e. The molecule has 1 N–H and O–H groups in total. The molecule has 20 heavy (non-hydrogen) atoms. The normalized spacial score (nSPS) is 12.6. The van der Waals surface area contributed by atoms with Crippen molar-refractivity contribution >= 4 is 0 Å². The van der Waals surface area contributed by atoms with Crippen molar-refractivity contribution in [1.29, 1.82) is 0 Å². The Labute approximate surface area is 122 Å². The summed E-state index contributed by atoms with van der Waals surface area (Å²) in [5.41, 5.74) is 3.81. The third-order valence-electron chi connectivity index (χ3n) is 3.60. The summed E-state index contributed by atoms with van der Waals surface area (Å²) in [5, 5.41) is 8.16. The largest absolute Gasteiger partial charge is 0.309 e. The molecule has 0 fully saturated rings.